The van der Waals surface area contributed by atoms with Crippen LogP contribution in [0.5, 0.6) is 0 Å². The molecule has 0 spiro atoms. The van der Waals surface area contributed by atoms with Crippen LogP contribution in [-0.2, 0) is 31.9 Å². The normalized spacial score (nSPS) is 11.3. The van der Waals surface area contributed by atoms with Crippen molar-refractivity contribution in [3.05, 3.63) is 61.5 Å². The van der Waals surface area contributed by atoms with Gasteiger partial charge in [-0.05, 0) is 12.5 Å². The predicted molar refractivity (Wildman–Crippen MR) is 124 cm³/mol. The Morgan fingerprint density at radius 2 is 1.94 bits per heavy atom. The molecule has 4 rings (SSSR count). The lowest BCUT2D eigenvalue weighted by atomic mass is 10.2. The van der Waals surface area contributed by atoms with Crippen LogP contribution in [0.3, 0.4) is 0 Å². The molecule has 3 aromatic heterocycles. The molecule has 0 saturated carbocycles. The SMILES string of the molecule is CCc1nnc(NC(=O)CSc2nc3c(c(=O)n(C)c(=O)n3C)n2Cc2ccccc2F)s1. The van der Waals surface area contributed by atoms with Crippen LogP contribution >= 0.6 is 23.1 Å². The average Bonchev–Trinajstić information content (AvgIpc) is 3.41. The Morgan fingerprint density at radius 3 is 2.64 bits per heavy atom. The van der Waals surface area contributed by atoms with Crippen molar-refractivity contribution in [1.29, 1.82) is 0 Å². The topological polar surface area (TPSA) is 117 Å². The molecule has 10 nitrogen and oxygen atoms in total. The van der Waals surface area contributed by atoms with E-state index in [4.69, 9.17) is 0 Å². The number of benzene rings is 1. The first-order valence-corrected chi connectivity index (χ1v) is 11.7. The molecule has 0 fully saturated rings. The second kappa shape index (κ2) is 9.27. The molecule has 3 heterocycles. The molecule has 0 radical (unpaired) electrons. The molecule has 1 amide bonds. The molecule has 1 aromatic carbocycles. The van der Waals surface area contributed by atoms with Gasteiger partial charge in [-0.1, -0.05) is 48.2 Å². The van der Waals surface area contributed by atoms with Gasteiger partial charge in [0.1, 0.15) is 10.8 Å². The molecule has 1 N–H and O–H groups in total. The Balaban J connectivity index is 1.70. The summed E-state index contributed by atoms with van der Waals surface area (Å²) in [5.41, 5.74) is -0.406. The minimum Gasteiger partial charge on any atom is -0.308 e. The van der Waals surface area contributed by atoms with Crippen LogP contribution in [0.4, 0.5) is 9.52 Å². The molecule has 0 atom stereocenters. The van der Waals surface area contributed by atoms with Crippen molar-refractivity contribution in [3.63, 3.8) is 0 Å². The number of fused-ring (bicyclic) bond motifs is 1. The van der Waals surface area contributed by atoms with Gasteiger partial charge >= 0.3 is 5.69 Å². The Labute approximate surface area is 195 Å². The van der Waals surface area contributed by atoms with Crippen LogP contribution in [0, 0.1) is 5.82 Å². The van der Waals surface area contributed by atoms with Crippen molar-refractivity contribution in [2.45, 2.75) is 25.0 Å². The fourth-order valence-electron chi connectivity index (χ4n) is 3.21. The summed E-state index contributed by atoms with van der Waals surface area (Å²) in [6.45, 7) is 1.95. The van der Waals surface area contributed by atoms with Crippen LogP contribution in [0.25, 0.3) is 11.2 Å². The van der Waals surface area contributed by atoms with E-state index in [0.29, 0.717) is 15.9 Å². The third-order valence-electron chi connectivity index (χ3n) is 4.95. The number of carbonyl (C=O) groups excluding carboxylic acids is 1. The van der Waals surface area contributed by atoms with Gasteiger partial charge in [-0.3, -0.25) is 24.0 Å². The smallest absolute Gasteiger partial charge is 0.308 e. The van der Waals surface area contributed by atoms with E-state index >= 15 is 0 Å². The molecule has 33 heavy (non-hydrogen) atoms. The van der Waals surface area contributed by atoms with Gasteiger partial charge in [-0.2, -0.15) is 0 Å². The maximum Gasteiger partial charge on any atom is 0.332 e. The van der Waals surface area contributed by atoms with Crippen molar-refractivity contribution in [3.8, 4) is 0 Å². The number of anilines is 1. The highest BCUT2D eigenvalue weighted by atomic mass is 32.2. The maximum atomic E-state index is 14.4. The fraction of sp³-hybridized carbons (Fsp3) is 0.300. The highest BCUT2D eigenvalue weighted by Gasteiger charge is 2.21. The quantitative estimate of drug-likeness (QED) is 0.393. The highest BCUT2D eigenvalue weighted by molar-refractivity contribution is 7.99. The molecule has 0 aliphatic carbocycles. The zero-order valence-electron chi connectivity index (χ0n) is 18.0. The molecule has 0 aliphatic rings. The van der Waals surface area contributed by atoms with Gasteiger partial charge in [0.05, 0.1) is 12.3 Å². The zero-order chi connectivity index (χ0) is 23.7. The molecule has 0 bridgehead atoms. The Bertz CT molecular complexity index is 1470. The third kappa shape index (κ3) is 4.46. The Kier molecular flexibility index (Phi) is 6.42. The summed E-state index contributed by atoms with van der Waals surface area (Å²) in [5, 5.41) is 12.1. The van der Waals surface area contributed by atoms with Crippen LogP contribution in [0.1, 0.15) is 17.5 Å². The number of thioether (sulfide) groups is 1. The second-order valence-corrected chi connectivity index (χ2v) is 9.15. The van der Waals surface area contributed by atoms with Gasteiger partial charge in [-0.15, -0.1) is 10.2 Å². The Morgan fingerprint density at radius 1 is 1.18 bits per heavy atom. The number of halogens is 1. The fourth-order valence-corrected chi connectivity index (χ4v) is 4.70. The predicted octanol–water partition coefficient (Wildman–Crippen LogP) is 1.77. The Hall–Kier alpha value is -3.32. The minimum atomic E-state index is -0.547. The van der Waals surface area contributed by atoms with Crippen LogP contribution in [0.15, 0.2) is 39.0 Å². The highest BCUT2D eigenvalue weighted by Crippen LogP contribution is 2.24. The first-order chi connectivity index (χ1) is 15.8. The van der Waals surface area contributed by atoms with Gasteiger partial charge in [0.25, 0.3) is 5.56 Å². The number of aromatic nitrogens is 6. The van der Waals surface area contributed by atoms with E-state index in [1.807, 2.05) is 6.92 Å². The van der Waals surface area contributed by atoms with Crippen molar-refractivity contribution in [2.24, 2.45) is 14.1 Å². The summed E-state index contributed by atoms with van der Waals surface area (Å²) in [5.74, 6) is -0.793. The van der Waals surface area contributed by atoms with Gasteiger partial charge in [-0.25, -0.2) is 14.2 Å². The molecule has 4 aromatic rings. The molecule has 172 valence electrons. The summed E-state index contributed by atoms with van der Waals surface area (Å²) >= 11 is 2.37. The van der Waals surface area contributed by atoms with Crippen molar-refractivity contribution < 1.29 is 9.18 Å². The summed E-state index contributed by atoms with van der Waals surface area (Å²) in [6.07, 6.45) is 0.718. The summed E-state index contributed by atoms with van der Waals surface area (Å²) in [7, 11) is 2.88. The van der Waals surface area contributed by atoms with Crippen molar-refractivity contribution in [1.82, 2.24) is 28.9 Å². The third-order valence-corrected chi connectivity index (χ3v) is 6.91. The van der Waals surface area contributed by atoms with E-state index in [1.165, 1.54) is 40.6 Å². The number of carbonyl (C=O) groups is 1. The number of rotatable bonds is 7. The first-order valence-electron chi connectivity index (χ1n) is 9.94. The van der Waals surface area contributed by atoms with Crippen LogP contribution < -0.4 is 16.6 Å². The minimum absolute atomic E-state index is 0.0107. The summed E-state index contributed by atoms with van der Waals surface area (Å²) < 4.78 is 18.1. The molecule has 0 aliphatic heterocycles. The van der Waals surface area contributed by atoms with Crippen molar-refractivity contribution >= 4 is 45.3 Å². The van der Waals surface area contributed by atoms with E-state index in [1.54, 1.807) is 18.2 Å². The summed E-state index contributed by atoms with van der Waals surface area (Å²) in [4.78, 5) is 42.2. The second-order valence-electron chi connectivity index (χ2n) is 7.14. The first kappa shape index (κ1) is 22.9. The average molecular weight is 490 g/mol. The van der Waals surface area contributed by atoms with Gasteiger partial charge in [0.2, 0.25) is 11.0 Å². The number of aryl methyl sites for hydroxylation is 2. The van der Waals surface area contributed by atoms with Gasteiger partial charge in [0, 0.05) is 19.7 Å². The van der Waals surface area contributed by atoms with Crippen LogP contribution in [0.2, 0.25) is 0 Å². The monoisotopic (exact) mass is 489 g/mol. The molecule has 0 unspecified atom stereocenters. The lowest BCUT2D eigenvalue weighted by Gasteiger charge is -2.10. The summed E-state index contributed by atoms with van der Waals surface area (Å²) in [6, 6.07) is 6.20. The van der Waals surface area contributed by atoms with Crippen LogP contribution in [-0.4, -0.2) is 40.5 Å². The number of nitrogens with zero attached hydrogens (tertiary/aromatic N) is 6. The van der Waals surface area contributed by atoms with E-state index in [2.05, 4.69) is 20.5 Å². The number of hydrogen-bond acceptors (Lipinski definition) is 8. The van der Waals surface area contributed by atoms with E-state index < -0.39 is 17.1 Å². The van der Waals surface area contributed by atoms with Gasteiger partial charge in [0.15, 0.2) is 16.3 Å². The molecule has 13 heteroatoms. The standard InChI is InChI=1S/C20H20FN7O3S2/c1-4-14-24-25-18(33-14)22-13(29)10-32-19-23-16-15(17(30)27(3)20(31)26(16)2)28(19)9-11-7-5-6-8-12(11)21/h5-8H,4,9-10H2,1-3H3,(H,22,25,29). The number of nitrogens with one attached hydrogen (secondary N) is 1. The lowest BCUT2D eigenvalue weighted by molar-refractivity contribution is -0.113. The largest absolute Gasteiger partial charge is 0.332 e. The van der Waals surface area contributed by atoms with E-state index in [0.717, 1.165) is 27.8 Å². The molecule has 0 saturated heterocycles. The van der Waals surface area contributed by atoms with Gasteiger partial charge < -0.3 is 4.57 Å². The zero-order valence-corrected chi connectivity index (χ0v) is 19.7. The molecular weight excluding hydrogens is 469 g/mol. The number of amides is 1. The van der Waals surface area contributed by atoms with E-state index in [9.17, 15) is 18.8 Å². The lowest BCUT2D eigenvalue weighted by Crippen LogP contribution is -2.37. The number of imidazole rings is 1. The van der Waals surface area contributed by atoms with E-state index in [-0.39, 0.29) is 29.4 Å². The molecular formula is C20H20FN7O3S2. The number of hydrogen-bond donors (Lipinski definition) is 1. The van der Waals surface area contributed by atoms with Crippen molar-refractivity contribution in [2.75, 3.05) is 11.1 Å². The maximum absolute atomic E-state index is 14.4.